The van der Waals surface area contributed by atoms with Crippen LogP contribution in [0.4, 0.5) is 0 Å². The molecule has 0 rings (SSSR count). The van der Waals surface area contributed by atoms with Gasteiger partial charge in [-0.15, -0.1) is 0 Å². The van der Waals surface area contributed by atoms with Crippen LogP contribution >= 0.6 is 0 Å². The van der Waals surface area contributed by atoms with E-state index in [-0.39, 0.29) is 11.6 Å². The zero-order valence-electron chi connectivity index (χ0n) is 6.77. The normalized spacial score (nSPS) is 10.8. The Bertz CT molecular complexity index is 86.9. The third-order valence-corrected chi connectivity index (χ3v) is 1.79. The van der Waals surface area contributed by atoms with Gasteiger partial charge >= 0.3 is 0 Å². The lowest BCUT2D eigenvalue weighted by atomic mass is 9.83. The lowest BCUT2D eigenvalue weighted by molar-refractivity contribution is -0.116. The van der Waals surface area contributed by atoms with Crippen LogP contribution in [0.3, 0.4) is 0 Å². The van der Waals surface area contributed by atoms with E-state index in [0.29, 0.717) is 5.92 Å². The Kier molecular flexibility index (Phi) is 4.59. The Morgan fingerprint density at radius 3 is 1.67 bits per heavy atom. The fourth-order valence-electron chi connectivity index (χ4n) is 0.136. The van der Waals surface area contributed by atoms with E-state index in [2.05, 4.69) is 13.8 Å². The molecule has 0 aliphatic carbocycles. The molecular weight excluding hydrogens is 114 g/mol. The summed E-state index contributed by atoms with van der Waals surface area (Å²) >= 11 is 0. The number of hydrogen-bond donors (Lipinski definition) is 1. The molecular formula is C7H17NO. The van der Waals surface area contributed by atoms with Gasteiger partial charge in [0.15, 0.2) is 0 Å². The minimum absolute atomic E-state index is 0. The summed E-state index contributed by atoms with van der Waals surface area (Å²) in [7, 11) is 0. The first kappa shape index (κ1) is 11.4. The monoisotopic (exact) mass is 131 g/mol. The summed E-state index contributed by atoms with van der Waals surface area (Å²) in [6.45, 7) is 8.00. The minimum Gasteiger partial charge on any atom is -0.344 e. The molecule has 0 aromatic rings. The van der Waals surface area contributed by atoms with Gasteiger partial charge in [0.1, 0.15) is 6.29 Å². The van der Waals surface area contributed by atoms with Crippen molar-refractivity contribution in [3.63, 3.8) is 0 Å². The van der Waals surface area contributed by atoms with Crippen LogP contribution in [0, 0.1) is 11.3 Å². The summed E-state index contributed by atoms with van der Waals surface area (Å²) in [4.78, 5) is 10.3. The van der Waals surface area contributed by atoms with Gasteiger partial charge in [0.05, 0.1) is 0 Å². The van der Waals surface area contributed by atoms with Gasteiger partial charge in [-0.05, 0) is 5.92 Å². The fraction of sp³-hybridized carbons (Fsp3) is 0.857. The predicted molar refractivity (Wildman–Crippen MR) is 39.7 cm³/mol. The molecule has 0 aromatic carbocycles. The van der Waals surface area contributed by atoms with Gasteiger partial charge in [-0.2, -0.15) is 0 Å². The second-order valence-electron chi connectivity index (χ2n) is 3.09. The van der Waals surface area contributed by atoms with Crippen molar-refractivity contribution in [1.82, 2.24) is 6.15 Å². The molecule has 0 saturated carbocycles. The smallest absolute Gasteiger partial charge is 0.125 e. The number of rotatable bonds is 2. The number of hydrogen-bond acceptors (Lipinski definition) is 2. The lowest BCUT2D eigenvalue weighted by Gasteiger charge is -2.20. The van der Waals surface area contributed by atoms with Crippen LogP contribution in [0.15, 0.2) is 0 Å². The van der Waals surface area contributed by atoms with Crippen LogP contribution in [-0.2, 0) is 4.79 Å². The lowest BCUT2D eigenvalue weighted by Crippen LogP contribution is -2.20. The summed E-state index contributed by atoms with van der Waals surface area (Å²) in [6.07, 6.45) is 1.01. The molecule has 0 fully saturated rings. The minimum atomic E-state index is -0.139. The van der Waals surface area contributed by atoms with E-state index in [4.69, 9.17) is 0 Å². The Labute approximate surface area is 57.2 Å². The standard InChI is InChI=1S/C7H14O.H3N/c1-6(2)7(3,4)5-8;/h5-6H,1-4H3;1H3. The first-order valence-electron chi connectivity index (χ1n) is 2.97. The molecule has 0 aromatic heterocycles. The highest BCUT2D eigenvalue weighted by atomic mass is 16.1. The van der Waals surface area contributed by atoms with Gasteiger partial charge in [0.2, 0.25) is 0 Å². The Morgan fingerprint density at radius 2 is 1.67 bits per heavy atom. The molecule has 0 aliphatic heterocycles. The summed E-state index contributed by atoms with van der Waals surface area (Å²) in [5, 5.41) is 0. The Balaban J connectivity index is 0. The molecule has 3 N–H and O–H groups in total. The summed E-state index contributed by atoms with van der Waals surface area (Å²) in [6, 6.07) is 0. The highest BCUT2D eigenvalue weighted by molar-refractivity contribution is 5.58. The van der Waals surface area contributed by atoms with Crippen LogP contribution in [0.25, 0.3) is 0 Å². The van der Waals surface area contributed by atoms with Crippen LogP contribution in [0.1, 0.15) is 27.7 Å². The molecule has 0 heterocycles. The number of carbonyl (C=O) groups is 1. The molecule has 0 amide bonds. The maximum atomic E-state index is 10.3. The zero-order chi connectivity index (χ0) is 6.78. The third-order valence-electron chi connectivity index (χ3n) is 1.79. The van der Waals surface area contributed by atoms with E-state index in [1.807, 2.05) is 13.8 Å². The van der Waals surface area contributed by atoms with Crippen molar-refractivity contribution in [2.45, 2.75) is 27.7 Å². The summed E-state index contributed by atoms with van der Waals surface area (Å²) in [5.41, 5.74) is -0.139. The largest absolute Gasteiger partial charge is 0.344 e. The summed E-state index contributed by atoms with van der Waals surface area (Å²) < 4.78 is 0. The molecule has 2 heteroatoms. The topological polar surface area (TPSA) is 52.1 Å². The maximum absolute atomic E-state index is 10.3. The zero-order valence-corrected chi connectivity index (χ0v) is 6.77. The average Bonchev–Trinajstić information content (AvgIpc) is 1.67. The van der Waals surface area contributed by atoms with Gasteiger partial charge in [-0.3, -0.25) is 0 Å². The van der Waals surface area contributed by atoms with Gasteiger partial charge in [0, 0.05) is 5.41 Å². The van der Waals surface area contributed by atoms with Crippen LogP contribution < -0.4 is 6.15 Å². The molecule has 0 atom stereocenters. The van der Waals surface area contributed by atoms with Gasteiger partial charge < -0.3 is 10.9 Å². The fourth-order valence-corrected chi connectivity index (χ4v) is 0.136. The molecule has 9 heavy (non-hydrogen) atoms. The van der Waals surface area contributed by atoms with E-state index in [0.717, 1.165) is 6.29 Å². The van der Waals surface area contributed by atoms with E-state index in [9.17, 15) is 4.79 Å². The number of carbonyl (C=O) groups excluding carboxylic acids is 1. The maximum Gasteiger partial charge on any atom is 0.125 e. The molecule has 0 aliphatic rings. The van der Waals surface area contributed by atoms with Crippen molar-refractivity contribution in [2.24, 2.45) is 11.3 Å². The first-order valence-corrected chi connectivity index (χ1v) is 2.97. The van der Waals surface area contributed by atoms with E-state index >= 15 is 0 Å². The Hall–Kier alpha value is -0.370. The predicted octanol–water partition coefficient (Wildman–Crippen LogP) is 2.03. The van der Waals surface area contributed by atoms with Crippen LogP contribution in [0.2, 0.25) is 0 Å². The molecule has 0 bridgehead atoms. The van der Waals surface area contributed by atoms with Crippen LogP contribution in [-0.4, -0.2) is 6.29 Å². The second-order valence-corrected chi connectivity index (χ2v) is 3.09. The van der Waals surface area contributed by atoms with Gasteiger partial charge in [-0.1, -0.05) is 27.7 Å². The van der Waals surface area contributed by atoms with E-state index < -0.39 is 0 Å². The van der Waals surface area contributed by atoms with Crippen molar-refractivity contribution in [1.29, 1.82) is 0 Å². The number of aldehydes is 1. The highest BCUT2D eigenvalue weighted by Gasteiger charge is 2.20. The van der Waals surface area contributed by atoms with Gasteiger partial charge in [0.25, 0.3) is 0 Å². The molecule has 2 nitrogen and oxygen atoms in total. The quantitative estimate of drug-likeness (QED) is 0.583. The van der Waals surface area contributed by atoms with Crippen molar-refractivity contribution in [3.8, 4) is 0 Å². The SMILES string of the molecule is CC(C)C(C)(C)C=O.N. The van der Waals surface area contributed by atoms with E-state index in [1.54, 1.807) is 0 Å². The molecule has 56 valence electrons. The molecule has 0 radical (unpaired) electrons. The molecule has 0 unspecified atom stereocenters. The third kappa shape index (κ3) is 3.25. The Morgan fingerprint density at radius 1 is 1.33 bits per heavy atom. The average molecular weight is 131 g/mol. The second kappa shape index (κ2) is 3.62. The molecule has 0 spiro atoms. The van der Waals surface area contributed by atoms with Crippen LogP contribution in [0.5, 0.6) is 0 Å². The molecule has 0 saturated heterocycles. The first-order chi connectivity index (χ1) is 3.50. The van der Waals surface area contributed by atoms with Crippen molar-refractivity contribution in [3.05, 3.63) is 0 Å². The van der Waals surface area contributed by atoms with Gasteiger partial charge in [-0.25, -0.2) is 0 Å². The van der Waals surface area contributed by atoms with Crippen molar-refractivity contribution in [2.75, 3.05) is 0 Å². The van der Waals surface area contributed by atoms with Crippen molar-refractivity contribution >= 4 is 6.29 Å². The summed E-state index contributed by atoms with van der Waals surface area (Å²) in [5.74, 6) is 0.444. The highest BCUT2D eigenvalue weighted by Crippen LogP contribution is 2.21. The van der Waals surface area contributed by atoms with Crippen molar-refractivity contribution < 1.29 is 4.79 Å². The van der Waals surface area contributed by atoms with E-state index in [1.165, 1.54) is 0 Å².